The molecule has 6 heteroatoms. The summed E-state index contributed by atoms with van der Waals surface area (Å²) in [7, 11) is 0. The van der Waals surface area contributed by atoms with Crippen LogP contribution in [0.2, 0.25) is 0 Å². The van der Waals surface area contributed by atoms with Crippen molar-refractivity contribution < 1.29 is 23.1 Å². The summed E-state index contributed by atoms with van der Waals surface area (Å²) in [6.45, 7) is 0. The number of halogens is 3. The van der Waals surface area contributed by atoms with Gasteiger partial charge in [0, 0.05) is 6.20 Å². The first-order valence-corrected chi connectivity index (χ1v) is 4.10. The molecule has 1 unspecified atom stereocenters. The van der Waals surface area contributed by atoms with Gasteiger partial charge in [-0.05, 0) is 12.1 Å². The highest BCUT2D eigenvalue weighted by atomic mass is 19.4. The van der Waals surface area contributed by atoms with Crippen LogP contribution in [0.25, 0.3) is 0 Å². The van der Waals surface area contributed by atoms with E-state index < -0.39 is 24.5 Å². The van der Waals surface area contributed by atoms with E-state index in [2.05, 4.69) is 4.98 Å². The Labute approximate surface area is 83.6 Å². The van der Waals surface area contributed by atoms with Gasteiger partial charge < -0.3 is 5.11 Å². The van der Waals surface area contributed by atoms with E-state index in [1.807, 2.05) is 0 Å². The average Bonchev–Trinajstić information content (AvgIpc) is 2.14. The molecule has 0 bridgehead atoms. The van der Waals surface area contributed by atoms with Gasteiger partial charge in [-0.3, -0.25) is 9.78 Å². The maximum atomic E-state index is 12.5. The Morgan fingerprint density at radius 2 is 2.13 bits per heavy atom. The highest BCUT2D eigenvalue weighted by Gasteiger charge is 2.42. The molecule has 1 atom stereocenters. The molecule has 0 fully saturated rings. The molecule has 15 heavy (non-hydrogen) atoms. The normalized spacial score (nSPS) is 13.5. The molecule has 1 rings (SSSR count). The molecule has 3 nitrogen and oxygen atoms in total. The number of pyridine rings is 1. The summed E-state index contributed by atoms with van der Waals surface area (Å²) in [5, 5.41) is 8.38. The lowest BCUT2D eigenvalue weighted by molar-refractivity contribution is -0.164. The molecule has 0 radical (unpaired) electrons. The zero-order valence-electron chi connectivity index (χ0n) is 7.53. The lowest BCUT2D eigenvalue weighted by Gasteiger charge is -2.17. The van der Waals surface area contributed by atoms with Gasteiger partial charge in [0.15, 0.2) is 0 Å². The number of carboxylic acids is 1. The highest BCUT2D eigenvalue weighted by molar-refractivity contribution is 5.68. The molecule has 0 aliphatic carbocycles. The van der Waals surface area contributed by atoms with Crippen molar-refractivity contribution in [3.63, 3.8) is 0 Å². The first-order valence-electron chi connectivity index (χ1n) is 4.10. The van der Waals surface area contributed by atoms with Gasteiger partial charge in [-0.15, -0.1) is 0 Å². The predicted octanol–water partition coefficient (Wildman–Crippen LogP) is 2.20. The van der Waals surface area contributed by atoms with Crippen molar-refractivity contribution in [2.24, 2.45) is 0 Å². The second kappa shape index (κ2) is 4.29. The standard InChI is InChI=1S/C9H8F3NO2/c10-9(11,12)6(5-8(14)15)7-3-1-2-4-13-7/h1-4,6H,5H2,(H,14,15). The zero-order chi connectivity index (χ0) is 11.5. The quantitative estimate of drug-likeness (QED) is 0.847. The van der Waals surface area contributed by atoms with Gasteiger partial charge in [-0.25, -0.2) is 0 Å². The smallest absolute Gasteiger partial charge is 0.397 e. The highest BCUT2D eigenvalue weighted by Crippen LogP contribution is 2.36. The number of carbonyl (C=O) groups is 1. The molecule has 1 aromatic heterocycles. The molecule has 82 valence electrons. The fourth-order valence-corrected chi connectivity index (χ4v) is 1.14. The number of hydrogen-bond donors (Lipinski definition) is 1. The van der Waals surface area contributed by atoms with E-state index in [1.165, 1.54) is 24.4 Å². The van der Waals surface area contributed by atoms with Crippen LogP contribution in [0.5, 0.6) is 0 Å². The van der Waals surface area contributed by atoms with Crippen LogP contribution < -0.4 is 0 Å². The topological polar surface area (TPSA) is 50.2 Å². The fourth-order valence-electron chi connectivity index (χ4n) is 1.14. The van der Waals surface area contributed by atoms with Crippen molar-refractivity contribution in [1.82, 2.24) is 4.98 Å². The third-order valence-corrected chi connectivity index (χ3v) is 1.82. The second-order valence-electron chi connectivity index (χ2n) is 2.95. The molecule has 0 amide bonds. The van der Waals surface area contributed by atoms with Gasteiger partial charge >= 0.3 is 12.1 Å². The van der Waals surface area contributed by atoms with E-state index in [0.717, 1.165) is 0 Å². The lowest BCUT2D eigenvalue weighted by Crippen LogP contribution is -2.24. The fraction of sp³-hybridized carbons (Fsp3) is 0.333. The van der Waals surface area contributed by atoms with Crippen molar-refractivity contribution in [1.29, 1.82) is 0 Å². The number of carboxylic acid groups (broad SMARTS) is 1. The van der Waals surface area contributed by atoms with Crippen LogP contribution in [-0.4, -0.2) is 22.2 Å². The van der Waals surface area contributed by atoms with E-state index in [9.17, 15) is 18.0 Å². The largest absolute Gasteiger partial charge is 0.481 e. The Morgan fingerprint density at radius 1 is 1.47 bits per heavy atom. The van der Waals surface area contributed by atoms with Gasteiger partial charge in [-0.1, -0.05) is 6.07 Å². The molecule has 0 aromatic carbocycles. The van der Waals surface area contributed by atoms with E-state index >= 15 is 0 Å². The maximum Gasteiger partial charge on any atom is 0.397 e. The van der Waals surface area contributed by atoms with Crippen LogP contribution in [0, 0.1) is 0 Å². The van der Waals surface area contributed by atoms with Gasteiger partial charge in [0.2, 0.25) is 0 Å². The first-order chi connectivity index (χ1) is 6.91. The Kier molecular flexibility index (Phi) is 3.28. The number of alkyl halides is 3. The number of hydrogen-bond acceptors (Lipinski definition) is 2. The van der Waals surface area contributed by atoms with Crippen LogP contribution in [0.4, 0.5) is 13.2 Å². The molecule has 0 saturated carbocycles. The van der Waals surface area contributed by atoms with Crippen LogP contribution in [0.15, 0.2) is 24.4 Å². The average molecular weight is 219 g/mol. The number of nitrogens with zero attached hydrogens (tertiary/aromatic N) is 1. The minimum atomic E-state index is -4.59. The Hall–Kier alpha value is -1.59. The zero-order valence-corrected chi connectivity index (χ0v) is 7.53. The first kappa shape index (κ1) is 11.5. The van der Waals surface area contributed by atoms with Crippen LogP contribution in [0.3, 0.4) is 0 Å². The predicted molar refractivity (Wildman–Crippen MR) is 45.3 cm³/mol. The Morgan fingerprint density at radius 3 is 2.53 bits per heavy atom. The van der Waals surface area contributed by atoms with Crippen LogP contribution >= 0.6 is 0 Å². The third-order valence-electron chi connectivity index (χ3n) is 1.82. The molecule has 0 aliphatic heterocycles. The van der Waals surface area contributed by atoms with Crippen LogP contribution in [0.1, 0.15) is 18.0 Å². The van der Waals surface area contributed by atoms with Gasteiger partial charge in [0.25, 0.3) is 0 Å². The molecule has 1 N–H and O–H groups in total. The Balaban J connectivity index is 2.97. The summed E-state index contributed by atoms with van der Waals surface area (Å²) < 4.78 is 37.4. The second-order valence-corrected chi connectivity index (χ2v) is 2.95. The molecule has 0 aliphatic rings. The molecule has 0 spiro atoms. The van der Waals surface area contributed by atoms with Gasteiger partial charge in [0.1, 0.15) is 5.92 Å². The van der Waals surface area contributed by atoms with E-state index in [0.29, 0.717) is 0 Å². The molecule has 1 aromatic rings. The van der Waals surface area contributed by atoms with E-state index in [4.69, 9.17) is 5.11 Å². The van der Waals surface area contributed by atoms with Crippen molar-refractivity contribution in [3.8, 4) is 0 Å². The molecular formula is C9H8F3NO2. The summed E-state index contributed by atoms with van der Waals surface area (Å²) in [5.41, 5.74) is -0.271. The summed E-state index contributed by atoms with van der Waals surface area (Å²) in [5.74, 6) is -3.54. The van der Waals surface area contributed by atoms with Crippen molar-refractivity contribution in [3.05, 3.63) is 30.1 Å². The van der Waals surface area contributed by atoms with Crippen molar-refractivity contribution in [2.45, 2.75) is 18.5 Å². The summed E-state index contributed by atoms with van der Waals surface area (Å²) in [6.07, 6.45) is -4.39. The number of aliphatic carboxylic acids is 1. The minimum Gasteiger partial charge on any atom is -0.481 e. The molecule has 1 heterocycles. The van der Waals surface area contributed by atoms with E-state index in [1.54, 1.807) is 0 Å². The summed E-state index contributed by atoms with van der Waals surface area (Å²) >= 11 is 0. The minimum absolute atomic E-state index is 0.271. The third kappa shape index (κ3) is 3.23. The van der Waals surface area contributed by atoms with Gasteiger partial charge in [0.05, 0.1) is 12.1 Å². The lowest BCUT2D eigenvalue weighted by atomic mass is 10.0. The number of aromatic nitrogens is 1. The summed E-state index contributed by atoms with van der Waals surface area (Å²) in [4.78, 5) is 13.8. The molecular weight excluding hydrogens is 211 g/mol. The summed E-state index contributed by atoms with van der Waals surface area (Å²) in [6, 6.07) is 4.03. The monoisotopic (exact) mass is 219 g/mol. The number of rotatable bonds is 3. The van der Waals surface area contributed by atoms with Crippen LogP contribution in [-0.2, 0) is 4.79 Å². The van der Waals surface area contributed by atoms with Crippen molar-refractivity contribution in [2.75, 3.05) is 0 Å². The SMILES string of the molecule is O=C(O)CC(c1ccccn1)C(F)(F)F. The maximum absolute atomic E-state index is 12.5. The van der Waals surface area contributed by atoms with Gasteiger partial charge in [-0.2, -0.15) is 13.2 Å². The Bertz CT molecular complexity index is 337. The van der Waals surface area contributed by atoms with Crippen molar-refractivity contribution >= 4 is 5.97 Å². The van der Waals surface area contributed by atoms with E-state index in [-0.39, 0.29) is 5.69 Å². The molecule has 0 saturated heterocycles.